The number of nitrogens with one attached hydrogen (secondary N) is 1. The van der Waals surface area contributed by atoms with Crippen LogP contribution in [0.5, 0.6) is 0 Å². The highest BCUT2D eigenvalue weighted by molar-refractivity contribution is 5.93. The van der Waals surface area contributed by atoms with Gasteiger partial charge in [0.15, 0.2) is 0 Å². The monoisotopic (exact) mass is 277 g/mol. The zero-order valence-electron chi connectivity index (χ0n) is 11.5. The Morgan fingerprint density at radius 2 is 1.81 bits per heavy atom. The molecule has 0 spiro atoms. The van der Waals surface area contributed by atoms with Crippen LogP contribution in [0.25, 0.3) is 22.0 Å². The molecule has 3 nitrogen and oxygen atoms in total. The molecule has 0 amide bonds. The summed E-state index contributed by atoms with van der Waals surface area (Å²) in [4.78, 5) is 15.3. The van der Waals surface area contributed by atoms with Gasteiger partial charge in [-0.1, -0.05) is 36.4 Å². The highest BCUT2D eigenvalue weighted by atomic mass is 16.2. The summed E-state index contributed by atoms with van der Waals surface area (Å²) in [6.45, 7) is 0.143. The molecule has 0 bridgehead atoms. The normalized spacial score (nSPS) is 12.4. The van der Waals surface area contributed by atoms with Crippen LogP contribution < -0.4 is 5.56 Å². The highest BCUT2D eigenvalue weighted by Crippen LogP contribution is 2.39. The Morgan fingerprint density at radius 1 is 1.00 bits per heavy atom. The van der Waals surface area contributed by atoms with E-state index in [9.17, 15) is 9.90 Å². The van der Waals surface area contributed by atoms with Crippen molar-refractivity contribution in [3.63, 3.8) is 0 Å². The van der Waals surface area contributed by atoms with Gasteiger partial charge >= 0.3 is 0 Å². The van der Waals surface area contributed by atoms with Crippen LogP contribution in [0.15, 0.2) is 47.3 Å². The second-order valence-corrected chi connectivity index (χ2v) is 5.45. The summed E-state index contributed by atoms with van der Waals surface area (Å²) in [5, 5.41) is 11.0. The number of aromatic amines is 1. The summed E-state index contributed by atoms with van der Waals surface area (Å²) in [5.41, 5.74) is 5.58. The lowest BCUT2D eigenvalue weighted by Gasteiger charge is -2.06. The highest BCUT2D eigenvalue weighted by Gasteiger charge is 2.24. The molecule has 0 aliphatic heterocycles. The van der Waals surface area contributed by atoms with Gasteiger partial charge < -0.3 is 10.1 Å². The maximum atomic E-state index is 12.3. The summed E-state index contributed by atoms with van der Waals surface area (Å²) >= 11 is 0. The van der Waals surface area contributed by atoms with E-state index in [1.165, 1.54) is 11.1 Å². The van der Waals surface area contributed by atoms with E-state index in [-0.39, 0.29) is 12.2 Å². The average molecular weight is 277 g/mol. The molecule has 3 aromatic rings. The van der Waals surface area contributed by atoms with Crippen LogP contribution in [-0.4, -0.2) is 16.7 Å². The number of hydrogen-bond acceptors (Lipinski definition) is 2. The molecule has 3 heteroatoms. The van der Waals surface area contributed by atoms with Crippen LogP contribution in [-0.2, 0) is 12.8 Å². The lowest BCUT2D eigenvalue weighted by atomic mass is 10.00. The predicted molar refractivity (Wildman–Crippen MR) is 83.6 cm³/mol. The molecule has 0 saturated heterocycles. The number of H-pyrrole nitrogens is 1. The lowest BCUT2D eigenvalue weighted by Crippen LogP contribution is -2.08. The quantitative estimate of drug-likeness (QED) is 0.592. The molecule has 1 aromatic heterocycles. The van der Waals surface area contributed by atoms with Crippen LogP contribution in [0.1, 0.15) is 16.7 Å². The topological polar surface area (TPSA) is 53.1 Å². The minimum atomic E-state index is -0.0373. The number of aromatic nitrogens is 1. The standard InChI is InChI=1S/C18H15NO2/c20-9-8-11-4-3-7-13-15(11)10-16-12-5-1-2-6-14(12)18(21)19-17(13)16/h1-7,20H,8-10H2,(H,19,21). The van der Waals surface area contributed by atoms with Crippen LogP contribution in [0.3, 0.4) is 0 Å². The van der Waals surface area contributed by atoms with Crippen molar-refractivity contribution in [2.24, 2.45) is 0 Å². The first-order valence-corrected chi connectivity index (χ1v) is 7.15. The van der Waals surface area contributed by atoms with E-state index in [4.69, 9.17) is 0 Å². The van der Waals surface area contributed by atoms with Gasteiger partial charge in [0.2, 0.25) is 0 Å². The molecule has 0 saturated carbocycles. The Labute approximate surface area is 121 Å². The van der Waals surface area contributed by atoms with Crippen LogP contribution >= 0.6 is 0 Å². The fraction of sp³-hybridized carbons (Fsp3) is 0.167. The van der Waals surface area contributed by atoms with E-state index in [0.717, 1.165) is 34.0 Å². The van der Waals surface area contributed by atoms with Crippen molar-refractivity contribution >= 4 is 10.8 Å². The van der Waals surface area contributed by atoms with Gasteiger partial charge in [0.25, 0.3) is 5.56 Å². The molecule has 21 heavy (non-hydrogen) atoms. The minimum absolute atomic E-state index is 0.0373. The van der Waals surface area contributed by atoms with Gasteiger partial charge in [0.05, 0.1) is 5.69 Å². The SMILES string of the molecule is O=c1[nH]c2c(c3ccccc13)Cc1c(CCO)cccc1-2. The Morgan fingerprint density at radius 3 is 2.62 bits per heavy atom. The lowest BCUT2D eigenvalue weighted by molar-refractivity contribution is 0.299. The van der Waals surface area contributed by atoms with Gasteiger partial charge in [-0.15, -0.1) is 0 Å². The Kier molecular flexibility index (Phi) is 2.69. The second-order valence-electron chi connectivity index (χ2n) is 5.45. The van der Waals surface area contributed by atoms with E-state index in [0.29, 0.717) is 6.42 Å². The summed E-state index contributed by atoms with van der Waals surface area (Å²) in [6, 6.07) is 13.8. The molecular formula is C18H15NO2. The summed E-state index contributed by atoms with van der Waals surface area (Å²) in [5.74, 6) is 0. The maximum absolute atomic E-state index is 12.3. The molecule has 0 atom stereocenters. The van der Waals surface area contributed by atoms with Crippen LogP contribution in [0.2, 0.25) is 0 Å². The number of fused-ring (bicyclic) bond motifs is 5. The molecule has 2 N–H and O–H groups in total. The third-order valence-electron chi connectivity index (χ3n) is 4.31. The minimum Gasteiger partial charge on any atom is -0.396 e. The number of rotatable bonds is 2. The molecule has 1 heterocycles. The molecule has 1 aliphatic carbocycles. The Hall–Kier alpha value is -2.39. The number of aliphatic hydroxyl groups is 1. The maximum Gasteiger partial charge on any atom is 0.256 e. The van der Waals surface area contributed by atoms with Gasteiger partial charge in [0.1, 0.15) is 0 Å². The van der Waals surface area contributed by atoms with Gasteiger partial charge in [-0.25, -0.2) is 0 Å². The molecular weight excluding hydrogens is 262 g/mol. The fourth-order valence-electron chi connectivity index (χ4n) is 3.36. The third-order valence-corrected chi connectivity index (χ3v) is 4.31. The Bertz CT molecular complexity index is 909. The zero-order chi connectivity index (χ0) is 14.4. The molecule has 0 fully saturated rings. The first kappa shape index (κ1) is 12.4. The van der Waals surface area contributed by atoms with Crippen molar-refractivity contribution in [2.75, 3.05) is 6.61 Å². The molecule has 2 aromatic carbocycles. The number of aliphatic hydroxyl groups excluding tert-OH is 1. The van der Waals surface area contributed by atoms with Crippen molar-refractivity contribution < 1.29 is 5.11 Å². The molecule has 104 valence electrons. The van der Waals surface area contributed by atoms with Crippen molar-refractivity contribution in [1.82, 2.24) is 4.98 Å². The van der Waals surface area contributed by atoms with Crippen molar-refractivity contribution in [1.29, 1.82) is 0 Å². The van der Waals surface area contributed by atoms with E-state index in [1.807, 2.05) is 36.4 Å². The van der Waals surface area contributed by atoms with E-state index < -0.39 is 0 Å². The van der Waals surface area contributed by atoms with Crippen LogP contribution in [0.4, 0.5) is 0 Å². The van der Waals surface area contributed by atoms with Crippen molar-refractivity contribution in [3.8, 4) is 11.3 Å². The summed E-state index contributed by atoms with van der Waals surface area (Å²) in [6.07, 6.45) is 1.47. The van der Waals surface area contributed by atoms with Gasteiger partial charge in [-0.05, 0) is 34.6 Å². The van der Waals surface area contributed by atoms with Crippen molar-refractivity contribution in [3.05, 3.63) is 69.5 Å². The average Bonchev–Trinajstić information content (AvgIpc) is 2.88. The largest absolute Gasteiger partial charge is 0.396 e. The summed E-state index contributed by atoms with van der Waals surface area (Å²) < 4.78 is 0. The molecule has 4 rings (SSSR count). The van der Waals surface area contributed by atoms with Crippen LogP contribution in [0, 0.1) is 0 Å². The molecule has 1 aliphatic rings. The molecule has 0 unspecified atom stereocenters. The second kappa shape index (κ2) is 4.57. The van der Waals surface area contributed by atoms with Gasteiger partial charge in [0, 0.05) is 24.0 Å². The number of benzene rings is 2. The van der Waals surface area contributed by atoms with E-state index >= 15 is 0 Å². The van der Waals surface area contributed by atoms with Gasteiger partial charge in [-0.3, -0.25) is 4.79 Å². The third kappa shape index (κ3) is 1.74. The summed E-state index contributed by atoms with van der Waals surface area (Å²) in [7, 11) is 0. The van der Waals surface area contributed by atoms with E-state index in [2.05, 4.69) is 11.1 Å². The number of pyridine rings is 1. The van der Waals surface area contributed by atoms with Crippen molar-refractivity contribution in [2.45, 2.75) is 12.8 Å². The zero-order valence-corrected chi connectivity index (χ0v) is 11.5. The Balaban J connectivity index is 2.03. The fourth-order valence-corrected chi connectivity index (χ4v) is 3.36. The predicted octanol–water partition coefficient (Wildman–Crippen LogP) is 2.63. The smallest absolute Gasteiger partial charge is 0.256 e. The number of hydrogen-bond donors (Lipinski definition) is 2. The first-order valence-electron chi connectivity index (χ1n) is 7.15. The molecule has 0 radical (unpaired) electrons. The van der Waals surface area contributed by atoms with Gasteiger partial charge in [-0.2, -0.15) is 0 Å². The first-order chi connectivity index (χ1) is 10.3. The van der Waals surface area contributed by atoms with E-state index in [1.54, 1.807) is 0 Å².